The number of carboxylic acid groups (broad SMARTS) is 1. The highest BCUT2D eigenvalue weighted by atomic mass is 127. The summed E-state index contributed by atoms with van der Waals surface area (Å²) in [5.74, 6) is -1.44. The molecule has 0 aromatic carbocycles. The minimum absolute atomic E-state index is 0.234. The molecule has 9 heteroatoms. The average molecular weight is 381 g/mol. The summed E-state index contributed by atoms with van der Waals surface area (Å²) in [5, 5.41) is 8.50. The quantitative estimate of drug-likeness (QED) is 0.646. The van der Waals surface area contributed by atoms with Crippen molar-refractivity contribution in [2.75, 3.05) is 0 Å². The highest BCUT2D eigenvalue weighted by molar-refractivity contribution is 14.1. The first kappa shape index (κ1) is 15.1. The van der Waals surface area contributed by atoms with Gasteiger partial charge in [-0.25, -0.2) is 13.8 Å². The van der Waals surface area contributed by atoms with Crippen molar-refractivity contribution in [3.8, 4) is 0 Å². The van der Waals surface area contributed by atoms with Gasteiger partial charge in [-0.3, -0.25) is 4.79 Å². The first-order valence-electron chi connectivity index (χ1n) is 4.39. The molecule has 0 bridgehead atoms. The van der Waals surface area contributed by atoms with Gasteiger partial charge in [-0.05, 0) is 28.7 Å². The first-order valence-corrected chi connectivity index (χ1v) is 5.47. The van der Waals surface area contributed by atoms with Gasteiger partial charge in [0, 0.05) is 9.13 Å². The minimum Gasteiger partial charge on any atom is -0.481 e. The highest BCUT2D eigenvalue weighted by Crippen LogP contribution is 2.34. The number of alkyl halides is 5. The summed E-state index contributed by atoms with van der Waals surface area (Å²) in [5.41, 5.74) is -2.91. The molecule has 1 aromatic rings. The van der Waals surface area contributed by atoms with Crippen LogP contribution in [0.5, 0.6) is 0 Å². The maximum atomic E-state index is 12.6. The predicted octanol–water partition coefficient (Wildman–Crippen LogP) is 3.27. The van der Waals surface area contributed by atoms with Crippen molar-refractivity contribution in [2.24, 2.45) is 0 Å². The Morgan fingerprint density at radius 3 is 2.39 bits per heavy atom. The maximum Gasteiger partial charge on any atom is 0.433 e. The van der Waals surface area contributed by atoms with Crippen molar-refractivity contribution in [1.82, 2.24) is 4.98 Å². The Morgan fingerprint density at radius 1 is 1.44 bits per heavy atom. The van der Waals surface area contributed by atoms with E-state index in [1.165, 1.54) is 22.6 Å². The zero-order chi connectivity index (χ0) is 14.1. The SMILES string of the molecule is O=C(O)Cc1nc(C(F)(F)F)cc(C(F)F)c1I. The van der Waals surface area contributed by atoms with Crippen LogP contribution in [-0.4, -0.2) is 16.1 Å². The van der Waals surface area contributed by atoms with E-state index >= 15 is 0 Å². The van der Waals surface area contributed by atoms with E-state index < -0.39 is 41.9 Å². The molecule has 0 atom stereocenters. The zero-order valence-corrected chi connectivity index (χ0v) is 10.6. The van der Waals surface area contributed by atoms with Crippen LogP contribution < -0.4 is 0 Å². The second kappa shape index (κ2) is 5.33. The summed E-state index contributed by atoms with van der Waals surface area (Å²) < 4.78 is 62.1. The van der Waals surface area contributed by atoms with E-state index in [2.05, 4.69) is 4.98 Å². The number of carboxylic acids is 1. The van der Waals surface area contributed by atoms with Crippen molar-refractivity contribution in [3.63, 3.8) is 0 Å². The first-order chi connectivity index (χ1) is 8.12. The fourth-order valence-corrected chi connectivity index (χ4v) is 1.87. The highest BCUT2D eigenvalue weighted by Gasteiger charge is 2.35. The molecular weight excluding hydrogens is 376 g/mol. The molecular formula is C9H5F5INO2. The number of halogens is 6. The van der Waals surface area contributed by atoms with Crippen LogP contribution in [0, 0.1) is 3.57 Å². The zero-order valence-electron chi connectivity index (χ0n) is 8.43. The van der Waals surface area contributed by atoms with Crippen LogP contribution >= 0.6 is 22.6 Å². The van der Waals surface area contributed by atoms with Crippen molar-refractivity contribution in [3.05, 3.63) is 26.6 Å². The molecule has 0 aliphatic rings. The lowest BCUT2D eigenvalue weighted by atomic mass is 10.1. The molecule has 0 unspecified atom stereocenters. The van der Waals surface area contributed by atoms with E-state index in [4.69, 9.17) is 5.11 Å². The van der Waals surface area contributed by atoms with Crippen LogP contribution in [0.3, 0.4) is 0 Å². The van der Waals surface area contributed by atoms with Gasteiger partial charge in [-0.2, -0.15) is 13.2 Å². The molecule has 0 saturated carbocycles. The van der Waals surface area contributed by atoms with Gasteiger partial charge in [0.05, 0.1) is 12.1 Å². The Balaban J connectivity index is 3.41. The third kappa shape index (κ3) is 3.50. The van der Waals surface area contributed by atoms with E-state index in [0.29, 0.717) is 0 Å². The standard InChI is InChI=1S/C9H5F5INO2/c10-8(11)3-1-5(9(12,13)14)16-4(7(3)15)2-6(17)18/h1,8H,2H2,(H,17,18). The third-order valence-corrected chi connectivity index (χ3v) is 3.14. The molecule has 100 valence electrons. The van der Waals surface area contributed by atoms with Gasteiger partial charge in [0.1, 0.15) is 5.69 Å². The summed E-state index contributed by atoms with van der Waals surface area (Å²) in [6, 6.07) is 0.234. The van der Waals surface area contributed by atoms with Gasteiger partial charge in [-0.15, -0.1) is 0 Å². The summed E-state index contributed by atoms with van der Waals surface area (Å²) in [7, 11) is 0. The predicted molar refractivity (Wildman–Crippen MR) is 58.3 cm³/mol. The summed E-state index contributed by atoms with van der Waals surface area (Å²) >= 11 is 1.36. The van der Waals surface area contributed by atoms with Crippen molar-refractivity contribution in [1.29, 1.82) is 0 Å². The van der Waals surface area contributed by atoms with E-state index in [9.17, 15) is 26.7 Å². The van der Waals surface area contributed by atoms with Gasteiger partial charge in [0.15, 0.2) is 0 Å². The Bertz CT molecular complexity index is 475. The second-order valence-corrected chi connectivity index (χ2v) is 4.31. The van der Waals surface area contributed by atoms with Gasteiger partial charge < -0.3 is 5.11 Å². The van der Waals surface area contributed by atoms with E-state index in [1.54, 1.807) is 0 Å². The fourth-order valence-electron chi connectivity index (χ4n) is 1.17. The molecule has 0 aliphatic heterocycles. The number of hydrogen-bond acceptors (Lipinski definition) is 2. The van der Waals surface area contributed by atoms with Crippen LogP contribution in [0.25, 0.3) is 0 Å². The molecule has 1 aromatic heterocycles. The number of hydrogen-bond donors (Lipinski definition) is 1. The summed E-state index contributed by atoms with van der Waals surface area (Å²) in [6.45, 7) is 0. The van der Waals surface area contributed by atoms with Crippen LogP contribution in [-0.2, 0) is 17.4 Å². The lowest BCUT2D eigenvalue weighted by molar-refractivity contribution is -0.142. The molecule has 1 N–H and O–H groups in total. The number of rotatable bonds is 3. The van der Waals surface area contributed by atoms with Crippen LogP contribution in [0.2, 0.25) is 0 Å². The molecule has 0 fully saturated rings. The molecule has 0 radical (unpaired) electrons. The Labute approximate surface area is 111 Å². The Kier molecular flexibility index (Phi) is 4.46. The largest absolute Gasteiger partial charge is 0.481 e. The normalized spacial score (nSPS) is 11.9. The van der Waals surface area contributed by atoms with Crippen molar-refractivity contribution in [2.45, 2.75) is 19.0 Å². The van der Waals surface area contributed by atoms with Crippen LogP contribution in [0.4, 0.5) is 22.0 Å². The van der Waals surface area contributed by atoms with Gasteiger partial charge in [0.2, 0.25) is 0 Å². The fraction of sp³-hybridized carbons (Fsp3) is 0.333. The van der Waals surface area contributed by atoms with Crippen molar-refractivity contribution >= 4 is 28.6 Å². The van der Waals surface area contributed by atoms with Crippen molar-refractivity contribution < 1.29 is 31.9 Å². The average Bonchev–Trinajstić information content (AvgIpc) is 2.18. The Morgan fingerprint density at radius 2 is 2.00 bits per heavy atom. The molecule has 0 amide bonds. The Hall–Kier alpha value is -1.00. The van der Waals surface area contributed by atoms with E-state index in [-0.39, 0.29) is 9.64 Å². The maximum absolute atomic E-state index is 12.6. The van der Waals surface area contributed by atoms with Crippen LogP contribution in [0.1, 0.15) is 23.4 Å². The summed E-state index contributed by atoms with van der Waals surface area (Å²) in [6.07, 6.45) is -8.88. The van der Waals surface area contributed by atoms with E-state index in [1.807, 2.05) is 0 Å². The number of nitrogens with zero attached hydrogens (tertiary/aromatic N) is 1. The number of carbonyl (C=O) groups is 1. The molecule has 1 rings (SSSR count). The number of pyridine rings is 1. The van der Waals surface area contributed by atoms with Crippen LogP contribution in [0.15, 0.2) is 6.07 Å². The smallest absolute Gasteiger partial charge is 0.433 e. The number of aliphatic carboxylic acids is 1. The topological polar surface area (TPSA) is 50.2 Å². The minimum atomic E-state index is -4.90. The third-order valence-electron chi connectivity index (χ3n) is 1.90. The number of aromatic nitrogens is 1. The lowest BCUT2D eigenvalue weighted by Crippen LogP contribution is -2.15. The molecule has 3 nitrogen and oxygen atoms in total. The molecule has 0 aliphatic carbocycles. The lowest BCUT2D eigenvalue weighted by Gasteiger charge is -2.12. The molecule has 18 heavy (non-hydrogen) atoms. The summed E-state index contributed by atoms with van der Waals surface area (Å²) in [4.78, 5) is 13.5. The second-order valence-electron chi connectivity index (χ2n) is 3.23. The molecule has 1 heterocycles. The van der Waals surface area contributed by atoms with Gasteiger partial charge in [0.25, 0.3) is 6.43 Å². The van der Waals surface area contributed by atoms with Gasteiger partial charge in [-0.1, -0.05) is 0 Å². The van der Waals surface area contributed by atoms with Gasteiger partial charge >= 0.3 is 12.1 Å². The molecule has 0 spiro atoms. The van der Waals surface area contributed by atoms with E-state index in [0.717, 1.165) is 0 Å². The molecule has 0 saturated heterocycles. The monoisotopic (exact) mass is 381 g/mol.